The van der Waals surface area contributed by atoms with Crippen molar-refractivity contribution in [2.75, 3.05) is 0 Å². The first-order valence-electron chi connectivity index (χ1n) is 6.48. The van der Waals surface area contributed by atoms with Gasteiger partial charge in [-0.25, -0.2) is 4.79 Å². The van der Waals surface area contributed by atoms with Crippen LogP contribution in [-0.2, 0) is 10.3 Å². The number of carboxylic acid groups (broad SMARTS) is 1. The second-order valence-corrected chi connectivity index (χ2v) is 4.89. The highest BCUT2D eigenvalue weighted by atomic mass is 16.4. The predicted octanol–water partition coefficient (Wildman–Crippen LogP) is 2.12. The average Bonchev–Trinajstić information content (AvgIpc) is 2.48. The highest BCUT2D eigenvalue weighted by Crippen LogP contribution is 2.22. The Hall–Kier alpha value is -2.69. The minimum absolute atomic E-state index is 0.362. The number of aromatic nitrogens is 1. The predicted molar refractivity (Wildman–Crippen MR) is 77.9 cm³/mol. The molecule has 2 aromatic rings. The van der Waals surface area contributed by atoms with Crippen LogP contribution in [-0.4, -0.2) is 22.0 Å². The quantitative estimate of drug-likeness (QED) is 0.901. The topological polar surface area (TPSA) is 79.3 Å². The molecule has 21 heavy (non-hydrogen) atoms. The summed E-state index contributed by atoms with van der Waals surface area (Å²) in [5.74, 6) is -1.59. The largest absolute Gasteiger partial charge is 0.479 e. The standard InChI is InChI=1S/C16H16N2O3/c1-11-13(9-6-10-17-11)14(19)18-16(2,15(20)21)12-7-4-3-5-8-12/h3-10H,1-2H3,(H,18,19)(H,20,21). The van der Waals surface area contributed by atoms with Gasteiger partial charge < -0.3 is 10.4 Å². The number of nitrogens with one attached hydrogen (secondary N) is 1. The molecule has 5 nitrogen and oxygen atoms in total. The number of nitrogens with zero attached hydrogens (tertiary/aromatic N) is 1. The first-order chi connectivity index (χ1) is 9.95. The number of benzene rings is 1. The van der Waals surface area contributed by atoms with Crippen molar-refractivity contribution in [3.63, 3.8) is 0 Å². The lowest BCUT2D eigenvalue weighted by Gasteiger charge is -2.27. The van der Waals surface area contributed by atoms with Gasteiger partial charge in [0.15, 0.2) is 5.54 Å². The molecular weight excluding hydrogens is 268 g/mol. The van der Waals surface area contributed by atoms with Gasteiger partial charge >= 0.3 is 5.97 Å². The van der Waals surface area contributed by atoms with Crippen molar-refractivity contribution < 1.29 is 14.7 Å². The van der Waals surface area contributed by atoms with Crippen LogP contribution in [0.15, 0.2) is 48.7 Å². The molecule has 0 aliphatic rings. The SMILES string of the molecule is Cc1ncccc1C(=O)NC(C)(C(=O)O)c1ccccc1. The first kappa shape index (κ1) is 14.7. The van der Waals surface area contributed by atoms with Crippen LogP contribution in [0.4, 0.5) is 0 Å². The van der Waals surface area contributed by atoms with Gasteiger partial charge in [0.25, 0.3) is 5.91 Å². The van der Waals surface area contributed by atoms with Gasteiger partial charge in [-0.3, -0.25) is 9.78 Å². The van der Waals surface area contributed by atoms with Crippen LogP contribution >= 0.6 is 0 Å². The molecule has 108 valence electrons. The molecule has 5 heteroatoms. The second-order valence-electron chi connectivity index (χ2n) is 4.89. The summed E-state index contributed by atoms with van der Waals surface area (Å²) < 4.78 is 0. The average molecular weight is 284 g/mol. The van der Waals surface area contributed by atoms with E-state index in [0.717, 1.165) is 0 Å². The van der Waals surface area contributed by atoms with Gasteiger partial charge in [0.1, 0.15) is 0 Å². The van der Waals surface area contributed by atoms with Gasteiger partial charge in [-0.1, -0.05) is 30.3 Å². The van der Waals surface area contributed by atoms with Crippen molar-refractivity contribution in [1.29, 1.82) is 0 Å². The molecule has 0 aliphatic carbocycles. The van der Waals surface area contributed by atoms with Gasteiger partial charge in [0.05, 0.1) is 5.56 Å². The Bertz CT molecular complexity index is 670. The highest BCUT2D eigenvalue weighted by Gasteiger charge is 2.37. The molecular formula is C16H16N2O3. The molecule has 0 saturated carbocycles. The number of hydrogen-bond acceptors (Lipinski definition) is 3. The highest BCUT2D eigenvalue weighted by molar-refractivity contribution is 5.98. The molecule has 1 atom stereocenters. The maximum atomic E-state index is 12.3. The Labute approximate surface area is 122 Å². The lowest BCUT2D eigenvalue weighted by Crippen LogP contribution is -2.49. The Morgan fingerprint density at radius 3 is 2.38 bits per heavy atom. The first-order valence-corrected chi connectivity index (χ1v) is 6.48. The maximum absolute atomic E-state index is 12.3. The molecule has 2 N–H and O–H groups in total. The number of carbonyl (C=O) groups is 2. The van der Waals surface area contributed by atoms with E-state index in [4.69, 9.17) is 0 Å². The number of aryl methyl sites for hydroxylation is 1. The van der Waals surface area contributed by atoms with Crippen molar-refractivity contribution >= 4 is 11.9 Å². The molecule has 0 aliphatic heterocycles. The lowest BCUT2D eigenvalue weighted by atomic mass is 9.91. The van der Waals surface area contributed by atoms with E-state index in [2.05, 4.69) is 10.3 Å². The molecule has 0 bridgehead atoms. The van der Waals surface area contributed by atoms with Gasteiger partial charge in [-0.2, -0.15) is 0 Å². The molecule has 0 spiro atoms. The van der Waals surface area contributed by atoms with Crippen molar-refractivity contribution in [2.24, 2.45) is 0 Å². The van der Waals surface area contributed by atoms with Crippen molar-refractivity contribution in [1.82, 2.24) is 10.3 Å². The third kappa shape index (κ3) is 2.91. The third-order valence-corrected chi connectivity index (χ3v) is 3.39. The summed E-state index contributed by atoms with van der Waals surface area (Å²) in [7, 11) is 0. The summed E-state index contributed by atoms with van der Waals surface area (Å²) in [6.45, 7) is 3.17. The number of amides is 1. The molecule has 1 heterocycles. The van der Waals surface area contributed by atoms with Gasteiger partial charge in [-0.05, 0) is 31.5 Å². The Morgan fingerprint density at radius 1 is 1.14 bits per heavy atom. The number of carbonyl (C=O) groups excluding carboxylic acids is 1. The number of pyridine rings is 1. The minimum atomic E-state index is -1.50. The summed E-state index contributed by atoms with van der Waals surface area (Å²) in [5, 5.41) is 12.1. The van der Waals surface area contributed by atoms with Gasteiger partial charge in [0.2, 0.25) is 0 Å². The fraction of sp³-hybridized carbons (Fsp3) is 0.188. The molecule has 1 amide bonds. The smallest absolute Gasteiger partial charge is 0.333 e. The zero-order valence-electron chi connectivity index (χ0n) is 11.8. The normalized spacial score (nSPS) is 13.2. The summed E-state index contributed by atoms with van der Waals surface area (Å²) in [5.41, 5.74) is -0.0789. The van der Waals surface area contributed by atoms with Crippen molar-refractivity contribution in [2.45, 2.75) is 19.4 Å². The monoisotopic (exact) mass is 284 g/mol. The molecule has 0 fully saturated rings. The van der Waals surface area contributed by atoms with E-state index < -0.39 is 17.4 Å². The van der Waals surface area contributed by atoms with Crippen LogP contribution < -0.4 is 5.32 Å². The van der Waals surface area contributed by atoms with E-state index in [1.807, 2.05) is 0 Å². The molecule has 1 unspecified atom stereocenters. The molecule has 1 aromatic heterocycles. The number of aliphatic carboxylic acids is 1. The van der Waals surface area contributed by atoms with E-state index in [-0.39, 0.29) is 0 Å². The number of hydrogen-bond donors (Lipinski definition) is 2. The van der Waals surface area contributed by atoms with Crippen LogP contribution in [0, 0.1) is 6.92 Å². The summed E-state index contributed by atoms with van der Waals surface area (Å²) in [6.07, 6.45) is 1.58. The summed E-state index contributed by atoms with van der Waals surface area (Å²) in [4.78, 5) is 28.0. The summed E-state index contributed by atoms with van der Waals surface area (Å²) >= 11 is 0. The van der Waals surface area contributed by atoms with Crippen molar-refractivity contribution in [3.8, 4) is 0 Å². The van der Waals surface area contributed by atoms with Crippen molar-refractivity contribution in [3.05, 3.63) is 65.5 Å². The van der Waals surface area contributed by atoms with Gasteiger partial charge in [0, 0.05) is 11.9 Å². The van der Waals surface area contributed by atoms with E-state index in [9.17, 15) is 14.7 Å². The zero-order valence-corrected chi connectivity index (χ0v) is 11.8. The van der Waals surface area contributed by atoms with Crippen LogP contribution in [0.25, 0.3) is 0 Å². The third-order valence-electron chi connectivity index (χ3n) is 3.39. The van der Waals surface area contributed by atoms with Crippen LogP contribution in [0.3, 0.4) is 0 Å². The molecule has 1 aromatic carbocycles. The number of rotatable bonds is 4. The van der Waals surface area contributed by atoms with Gasteiger partial charge in [-0.15, -0.1) is 0 Å². The zero-order chi connectivity index (χ0) is 15.5. The minimum Gasteiger partial charge on any atom is -0.479 e. The second kappa shape index (κ2) is 5.75. The van der Waals surface area contributed by atoms with Crippen LogP contribution in [0.5, 0.6) is 0 Å². The maximum Gasteiger partial charge on any atom is 0.333 e. The molecule has 0 radical (unpaired) electrons. The Morgan fingerprint density at radius 2 is 1.81 bits per heavy atom. The molecule has 2 rings (SSSR count). The van der Waals surface area contributed by atoms with E-state index in [1.54, 1.807) is 55.6 Å². The Balaban J connectivity index is 2.36. The molecule has 0 saturated heterocycles. The summed E-state index contributed by atoms with van der Waals surface area (Å²) in [6, 6.07) is 11.9. The van der Waals surface area contributed by atoms with E-state index in [1.165, 1.54) is 6.92 Å². The fourth-order valence-electron chi connectivity index (χ4n) is 2.04. The Kier molecular flexibility index (Phi) is 4.03. The number of carboxylic acids is 1. The lowest BCUT2D eigenvalue weighted by molar-refractivity contribution is -0.144. The van der Waals surface area contributed by atoms with E-state index in [0.29, 0.717) is 16.8 Å². The van der Waals surface area contributed by atoms with Crippen LogP contribution in [0.2, 0.25) is 0 Å². The van der Waals surface area contributed by atoms with Crippen LogP contribution in [0.1, 0.15) is 28.5 Å². The van der Waals surface area contributed by atoms with E-state index >= 15 is 0 Å². The fourth-order valence-corrected chi connectivity index (χ4v) is 2.04.